The Morgan fingerprint density at radius 1 is 1.27 bits per heavy atom. The zero-order valence-electron chi connectivity index (χ0n) is 9.78. The van der Waals surface area contributed by atoms with Crippen molar-refractivity contribution in [1.29, 1.82) is 0 Å². The zero-order valence-corrected chi connectivity index (χ0v) is 9.78. The summed E-state index contributed by atoms with van der Waals surface area (Å²) in [5, 5.41) is 11.4. The molecule has 0 aliphatic heterocycles. The van der Waals surface area contributed by atoms with Crippen molar-refractivity contribution in [3.63, 3.8) is 0 Å². The van der Waals surface area contributed by atoms with E-state index in [0.29, 0.717) is 13.2 Å². The molecule has 0 saturated heterocycles. The Morgan fingerprint density at radius 2 is 2.00 bits per heavy atom. The van der Waals surface area contributed by atoms with Gasteiger partial charge in [-0.3, -0.25) is 4.90 Å². The molecule has 0 aromatic carbocycles. The fraction of sp³-hybridized carbons (Fsp3) is 0.900. The average molecular weight is 217 g/mol. The van der Waals surface area contributed by atoms with E-state index in [4.69, 9.17) is 15.7 Å². The molecule has 0 aliphatic rings. The molecule has 0 saturated carbocycles. The third-order valence-corrected chi connectivity index (χ3v) is 1.95. The predicted octanol–water partition coefficient (Wildman–Crippen LogP) is 0.871. The molecular weight excluding hydrogens is 194 g/mol. The molecule has 0 heterocycles. The van der Waals surface area contributed by atoms with Crippen LogP contribution in [0, 0.1) is 0 Å². The highest BCUT2D eigenvalue weighted by atomic mass is 16.5. The summed E-state index contributed by atoms with van der Waals surface area (Å²) in [7, 11) is 0. The summed E-state index contributed by atoms with van der Waals surface area (Å²) < 4.78 is 5.39. The van der Waals surface area contributed by atoms with Crippen molar-refractivity contribution in [2.24, 2.45) is 10.9 Å². The lowest BCUT2D eigenvalue weighted by Gasteiger charge is -2.20. The summed E-state index contributed by atoms with van der Waals surface area (Å²) in [6.45, 7) is 7.94. The van der Waals surface area contributed by atoms with Crippen LogP contribution >= 0.6 is 0 Å². The molecule has 0 atom stereocenters. The third-order valence-electron chi connectivity index (χ3n) is 1.95. The molecule has 5 nitrogen and oxygen atoms in total. The number of rotatable bonds is 9. The standard InChI is InChI=1S/C10H23N3O2/c1-3-5-13(9-10(11)12-14)6-8-15-7-4-2/h14H,3-9H2,1-2H3,(H2,11,12). The van der Waals surface area contributed by atoms with Crippen LogP contribution < -0.4 is 5.73 Å². The van der Waals surface area contributed by atoms with Crippen LogP contribution in [-0.2, 0) is 4.74 Å². The van der Waals surface area contributed by atoms with E-state index in [0.717, 1.165) is 32.5 Å². The lowest BCUT2D eigenvalue weighted by Crippen LogP contribution is -2.36. The Morgan fingerprint density at radius 3 is 2.53 bits per heavy atom. The Labute approximate surface area is 91.9 Å². The first kappa shape index (κ1) is 14.2. The Bertz CT molecular complexity index is 174. The molecule has 0 amide bonds. The largest absolute Gasteiger partial charge is 0.409 e. The van der Waals surface area contributed by atoms with Crippen LogP contribution in [0.4, 0.5) is 0 Å². The van der Waals surface area contributed by atoms with E-state index in [1.54, 1.807) is 0 Å². The second-order valence-corrected chi connectivity index (χ2v) is 3.48. The fourth-order valence-corrected chi connectivity index (χ4v) is 1.29. The van der Waals surface area contributed by atoms with Gasteiger partial charge in [0.05, 0.1) is 13.2 Å². The molecule has 15 heavy (non-hydrogen) atoms. The SMILES string of the molecule is CCCOCCN(CCC)CC(N)=NO. The van der Waals surface area contributed by atoms with Gasteiger partial charge in [0, 0.05) is 13.2 Å². The van der Waals surface area contributed by atoms with Crippen molar-refractivity contribution >= 4 is 5.84 Å². The van der Waals surface area contributed by atoms with Gasteiger partial charge in [-0.1, -0.05) is 19.0 Å². The maximum atomic E-state index is 8.47. The van der Waals surface area contributed by atoms with Gasteiger partial charge < -0.3 is 15.7 Å². The third kappa shape index (κ3) is 8.20. The first-order valence-electron chi connectivity index (χ1n) is 5.51. The normalized spacial score (nSPS) is 12.3. The number of ether oxygens (including phenoxy) is 1. The molecular formula is C10H23N3O2. The predicted molar refractivity (Wildman–Crippen MR) is 61.2 cm³/mol. The van der Waals surface area contributed by atoms with E-state index in [2.05, 4.69) is 23.9 Å². The number of nitrogens with zero attached hydrogens (tertiary/aromatic N) is 2. The van der Waals surface area contributed by atoms with E-state index < -0.39 is 0 Å². The van der Waals surface area contributed by atoms with E-state index in [-0.39, 0.29) is 5.84 Å². The molecule has 0 aliphatic carbocycles. The zero-order chi connectivity index (χ0) is 11.5. The fourth-order valence-electron chi connectivity index (χ4n) is 1.29. The molecule has 5 heteroatoms. The van der Waals surface area contributed by atoms with E-state index in [1.807, 2.05) is 0 Å². The Kier molecular flexibility index (Phi) is 9.21. The first-order valence-corrected chi connectivity index (χ1v) is 5.51. The van der Waals surface area contributed by atoms with Gasteiger partial charge in [-0.15, -0.1) is 0 Å². The van der Waals surface area contributed by atoms with Crippen molar-refractivity contribution in [3.05, 3.63) is 0 Å². The van der Waals surface area contributed by atoms with Gasteiger partial charge in [-0.05, 0) is 19.4 Å². The van der Waals surface area contributed by atoms with Crippen molar-refractivity contribution in [2.75, 3.05) is 32.8 Å². The van der Waals surface area contributed by atoms with Gasteiger partial charge in [0.2, 0.25) is 0 Å². The molecule has 0 bridgehead atoms. The lowest BCUT2D eigenvalue weighted by atomic mass is 10.4. The molecule has 90 valence electrons. The molecule has 0 unspecified atom stereocenters. The summed E-state index contributed by atoms with van der Waals surface area (Å²) in [6.07, 6.45) is 2.08. The van der Waals surface area contributed by atoms with Crippen LogP contribution in [0.2, 0.25) is 0 Å². The van der Waals surface area contributed by atoms with Gasteiger partial charge in [-0.25, -0.2) is 0 Å². The minimum Gasteiger partial charge on any atom is -0.409 e. The summed E-state index contributed by atoms with van der Waals surface area (Å²) in [5.74, 6) is 0.249. The number of hydrogen-bond donors (Lipinski definition) is 2. The Balaban J connectivity index is 3.72. The van der Waals surface area contributed by atoms with Crippen molar-refractivity contribution in [3.8, 4) is 0 Å². The molecule has 0 radical (unpaired) electrons. The highest BCUT2D eigenvalue weighted by Gasteiger charge is 2.05. The van der Waals surface area contributed by atoms with Crippen LogP contribution in [0.1, 0.15) is 26.7 Å². The molecule has 0 aromatic heterocycles. The van der Waals surface area contributed by atoms with Crippen LogP contribution in [-0.4, -0.2) is 48.8 Å². The molecule has 3 N–H and O–H groups in total. The summed E-state index contributed by atoms with van der Waals surface area (Å²) in [6, 6.07) is 0. The number of nitrogens with two attached hydrogens (primary N) is 1. The lowest BCUT2D eigenvalue weighted by molar-refractivity contribution is 0.109. The van der Waals surface area contributed by atoms with Gasteiger partial charge >= 0.3 is 0 Å². The van der Waals surface area contributed by atoms with Crippen LogP contribution in [0.15, 0.2) is 5.16 Å². The van der Waals surface area contributed by atoms with E-state index in [1.165, 1.54) is 0 Å². The second kappa shape index (κ2) is 9.73. The van der Waals surface area contributed by atoms with E-state index in [9.17, 15) is 0 Å². The number of amidine groups is 1. The van der Waals surface area contributed by atoms with Gasteiger partial charge in [-0.2, -0.15) is 0 Å². The average Bonchev–Trinajstić information content (AvgIpc) is 2.24. The Hall–Kier alpha value is -0.810. The van der Waals surface area contributed by atoms with E-state index >= 15 is 0 Å². The van der Waals surface area contributed by atoms with Crippen molar-refractivity contribution in [2.45, 2.75) is 26.7 Å². The van der Waals surface area contributed by atoms with Crippen molar-refractivity contribution in [1.82, 2.24) is 4.90 Å². The number of hydrogen-bond acceptors (Lipinski definition) is 4. The topological polar surface area (TPSA) is 71.1 Å². The monoisotopic (exact) mass is 217 g/mol. The van der Waals surface area contributed by atoms with Crippen LogP contribution in [0.5, 0.6) is 0 Å². The highest BCUT2D eigenvalue weighted by Crippen LogP contribution is 1.92. The molecule has 0 rings (SSSR count). The quantitative estimate of drug-likeness (QED) is 0.198. The molecule has 0 aromatic rings. The smallest absolute Gasteiger partial charge is 0.153 e. The second-order valence-electron chi connectivity index (χ2n) is 3.48. The number of oxime groups is 1. The first-order chi connectivity index (χ1) is 7.24. The maximum Gasteiger partial charge on any atom is 0.153 e. The maximum absolute atomic E-state index is 8.47. The minimum absolute atomic E-state index is 0.249. The van der Waals surface area contributed by atoms with Gasteiger partial charge in [0.1, 0.15) is 0 Å². The molecule has 0 fully saturated rings. The summed E-state index contributed by atoms with van der Waals surface area (Å²) in [5.41, 5.74) is 5.45. The highest BCUT2D eigenvalue weighted by molar-refractivity contribution is 5.81. The van der Waals surface area contributed by atoms with Crippen molar-refractivity contribution < 1.29 is 9.94 Å². The van der Waals surface area contributed by atoms with Crippen LogP contribution in [0.25, 0.3) is 0 Å². The van der Waals surface area contributed by atoms with Crippen LogP contribution in [0.3, 0.4) is 0 Å². The minimum atomic E-state index is 0.249. The van der Waals surface area contributed by atoms with Gasteiger partial charge in [0.25, 0.3) is 0 Å². The summed E-state index contributed by atoms with van der Waals surface area (Å²) >= 11 is 0. The molecule has 0 spiro atoms. The van der Waals surface area contributed by atoms with Gasteiger partial charge in [0.15, 0.2) is 5.84 Å². The summed E-state index contributed by atoms with van der Waals surface area (Å²) in [4.78, 5) is 2.12.